The molecule has 2 rings (SSSR count). The molecule has 0 fully saturated rings. The number of benzene rings is 2. The molecule has 0 aromatic heterocycles. The molecule has 2 aromatic carbocycles. The van der Waals surface area contributed by atoms with E-state index in [4.69, 9.17) is 17.3 Å². The van der Waals surface area contributed by atoms with E-state index in [1.54, 1.807) is 24.3 Å². The van der Waals surface area contributed by atoms with Crippen LogP contribution in [0.2, 0.25) is 5.02 Å². The third kappa shape index (κ3) is 3.25. The molecule has 4 heteroatoms. The molecule has 1 atom stereocenters. The highest BCUT2D eigenvalue weighted by molar-refractivity contribution is 6.30. The Kier molecular flexibility index (Phi) is 4.08. The molecule has 0 heterocycles. The molecule has 100 valence electrons. The number of hydrogen-bond donors (Lipinski definition) is 2. The molecule has 0 aliphatic rings. The number of rotatable bonds is 3. The molecule has 0 radical (unpaired) electrons. The van der Waals surface area contributed by atoms with Gasteiger partial charge in [0.05, 0.1) is 6.10 Å². The van der Waals surface area contributed by atoms with Gasteiger partial charge in [0.2, 0.25) is 0 Å². The minimum Gasteiger partial charge on any atom is -0.398 e. The normalized spacial score (nSPS) is 12.4. The molecule has 0 bridgehead atoms. The smallest absolute Gasteiger partial charge is 0.123 e. The Hall–Kier alpha value is -1.58. The van der Waals surface area contributed by atoms with E-state index in [0.717, 1.165) is 11.1 Å². The lowest BCUT2D eigenvalue weighted by Gasteiger charge is -2.15. The molecule has 2 nitrogen and oxygen atoms in total. The van der Waals surface area contributed by atoms with Crippen molar-refractivity contribution in [2.24, 2.45) is 0 Å². The predicted molar refractivity (Wildman–Crippen MR) is 75.7 cm³/mol. The molecule has 0 saturated heterocycles. The summed E-state index contributed by atoms with van der Waals surface area (Å²) < 4.78 is 13.2. The zero-order valence-corrected chi connectivity index (χ0v) is 11.3. The highest BCUT2D eigenvalue weighted by atomic mass is 35.5. The minimum atomic E-state index is -0.780. The van der Waals surface area contributed by atoms with Crippen molar-refractivity contribution in [1.82, 2.24) is 0 Å². The molecule has 0 aliphatic carbocycles. The molecule has 0 spiro atoms. The van der Waals surface area contributed by atoms with Gasteiger partial charge in [-0.15, -0.1) is 0 Å². The number of nitrogens with two attached hydrogens (primary N) is 1. The monoisotopic (exact) mass is 279 g/mol. The zero-order valence-electron chi connectivity index (χ0n) is 10.5. The van der Waals surface area contributed by atoms with E-state index in [0.29, 0.717) is 22.7 Å². The standard InChI is InChI=1S/C15H15ClFNO/c1-9-2-4-12(17)6-10(9)7-15(19)13-5-3-11(16)8-14(13)18/h2-6,8,15,19H,7,18H2,1H3. The maximum atomic E-state index is 13.2. The van der Waals surface area contributed by atoms with E-state index >= 15 is 0 Å². The molecule has 2 aromatic rings. The first-order chi connectivity index (χ1) is 8.97. The lowest BCUT2D eigenvalue weighted by molar-refractivity contribution is 0.179. The summed E-state index contributed by atoms with van der Waals surface area (Å²) in [4.78, 5) is 0. The average Bonchev–Trinajstić information content (AvgIpc) is 2.33. The predicted octanol–water partition coefficient (Wildman–Crippen LogP) is 3.65. The second kappa shape index (κ2) is 5.59. The van der Waals surface area contributed by atoms with Crippen LogP contribution in [0.1, 0.15) is 22.8 Å². The third-order valence-corrected chi connectivity index (χ3v) is 3.37. The number of nitrogen functional groups attached to an aromatic ring is 1. The lowest BCUT2D eigenvalue weighted by Crippen LogP contribution is -2.06. The molecular weight excluding hydrogens is 265 g/mol. The fourth-order valence-electron chi connectivity index (χ4n) is 2.03. The Balaban J connectivity index is 2.25. The van der Waals surface area contributed by atoms with Gasteiger partial charge in [0.15, 0.2) is 0 Å². The van der Waals surface area contributed by atoms with Gasteiger partial charge in [0, 0.05) is 22.7 Å². The van der Waals surface area contributed by atoms with Gasteiger partial charge in [0.1, 0.15) is 5.82 Å². The van der Waals surface area contributed by atoms with E-state index in [1.165, 1.54) is 12.1 Å². The summed E-state index contributed by atoms with van der Waals surface area (Å²) >= 11 is 5.82. The second-order valence-corrected chi connectivity index (χ2v) is 5.00. The molecule has 0 saturated carbocycles. The van der Waals surface area contributed by atoms with Crippen LogP contribution in [0.25, 0.3) is 0 Å². The van der Waals surface area contributed by atoms with Crippen LogP contribution in [0.3, 0.4) is 0 Å². The Morgan fingerprint density at radius 2 is 2.00 bits per heavy atom. The van der Waals surface area contributed by atoms with Crippen molar-refractivity contribution in [2.75, 3.05) is 5.73 Å². The third-order valence-electron chi connectivity index (χ3n) is 3.13. The summed E-state index contributed by atoms with van der Waals surface area (Å²) in [6, 6.07) is 9.50. The average molecular weight is 280 g/mol. The van der Waals surface area contributed by atoms with E-state index in [9.17, 15) is 9.50 Å². The van der Waals surface area contributed by atoms with Crippen molar-refractivity contribution in [1.29, 1.82) is 0 Å². The van der Waals surface area contributed by atoms with Gasteiger partial charge in [-0.05, 0) is 42.3 Å². The number of aliphatic hydroxyl groups is 1. The summed E-state index contributed by atoms with van der Waals surface area (Å²) in [5.41, 5.74) is 8.57. The van der Waals surface area contributed by atoms with Gasteiger partial charge in [-0.1, -0.05) is 23.7 Å². The van der Waals surface area contributed by atoms with Crippen LogP contribution in [-0.4, -0.2) is 5.11 Å². The van der Waals surface area contributed by atoms with Crippen LogP contribution in [0.15, 0.2) is 36.4 Å². The maximum Gasteiger partial charge on any atom is 0.123 e. The number of hydrogen-bond acceptors (Lipinski definition) is 2. The molecule has 0 amide bonds. The van der Waals surface area contributed by atoms with Crippen LogP contribution in [0.5, 0.6) is 0 Å². The highest BCUT2D eigenvalue weighted by Crippen LogP contribution is 2.27. The first-order valence-electron chi connectivity index (χ1n) is 5.95. The van der Waals surface area contributed by atoms with Gasteiger partial charge in [-0.25, -0.2) is 4.39 Å². The van der Waals surface area contributed by atoms with Crippen molar-refractivity contribution in [3.05, 3.63) is 63.9 Å². The summed E-state index contributed by atoms with van der Waals surface area (Å²) in [6.45, 7) is 1.88. The highest BCUT2D eigenvalue weighted by Gasteiger charge is 2.13. The van der Waals surface area contributed by atoms with Crippen LogP contribution >= 0.6 is 11.6 Å². The SMILES string of the molecule is Cc1ccc(F)cc1CC(O)c1ccc(Cl)cc1N. The largest absolute Gasteiger partial charge is 0.398 e. The number of aryl methyl sites for hydroxylation is 1. The summed E-state index contributed by atoms with van der Waals surface area (Å²) in [5, 5.41) is 10.7. The molecular formula is C15H15ClFNO. The molecule has 19 heavy (non-hydrogen) atoms. The molecule has 3 N–H and O–H groups in total. The Morgan fingerprint density at radius 1 is 1.26 bits per heavy atom. The summed E-state index contributed by atoms with van der Waals surface area (Å²) in [7, 11) is 0. The van der Waals surface area contributed by atoms with Crippen LogP contribution in [0, 0.1) is 12.7 Å². The number of halogens is 2. The Labute approximate surface area is 116 Å². The van der Waals surface area contributed by atoms with Crippen molar-refractivity contribution >= 4 is 17.3 Å². The Bertz CT molecular complexity index is 601. The van der Waals surface area contributed by atoms with Gasteiger partial charge >= 0.3 is 0 Å². The summed E-state index contributed by atoms with van der Waals surface area (Å²) in [6.07, 6.45) is -0.465. The van der Waals surface area contributed by atoms with Crippen molar-refractivity contribution in [3.63, 3.8) is 0 Å². The molecule has 0 aliphatic heterocycles. The van der Waals surface area contributed by atoms with E-state index in [-0.39, 0.29) is 5.82 Å². The first kappa shape index (κ1) is 13.8. The van der Waals surface area contributed by atoms with Crippen molar-refractivity contribution < 1.29 is 9.50 Å². The maximum absolute atomic E-state index is 13.2. The zero-order chi connectivity index (χ0) is 14.0. The quantitative estimate of drug-likeness (QED) is 0.843. The van der Waals surface area contributed by atoms with Crippen LogP contribution < -0.4 is 5.73 Å². The van der Waals surface area contributed by atoms with Gasteiger partial charge in [-0.2, -0.15) is 0 Å². The van der Waals surface area contributed by atoms with E-state index in [1.807, 2.05) is 6.92 Å². The number of aliphatic hydroxyl groups excluding tert-OH is 1. The van der Waals surface area contributed by atoms with E-state index in [2.05, 4.69) is 0 Å². The second-order valence-electron chi connectivity index (χ2n) is 4.56. The fourth-order valence-corrected chi connectivity index (χ4v) is 2.21. The van der Waals surface area contributed by atoms with Crippen molar-refractivity contribution in [3.8, 4) is 0 Å². The van der Waals surface area contributed by atoms with Crippen LogP contribution in [-0.2, 0) is 6.42 Å². The molecule has 1 unspecified atom stereocenters. The topological polar surface area (TPSA) is 46.2 Å². The van der Waals surface area contributed by atoms with Crippen LogP contribution in [0.4, 0.5) is 10.1 Å². The number of anilines is 1. The summed E-state index contributed by atoms with van der Waals surface area (Å²) in [5.74, 6) is -0.308. The lowest BCUT2D eigenvalue weighted by atomic mass is 9.97. The van der Waals surface area contributed by atoms with Gasteiger partial charge in [-0.3, -0.25) is 0 Å². The van der Waals surface area contributed by atoms with Crippen molar-refractivity contribution in [2.45, 2.75) is 19.4 Å². The first-order valence-corrected chi connectivity index (χ1v) is 6.33. The minimum absolute atomic E-state index is 0.308. The fraction of sp³-hybridized carbons (Fsp3) is 0.200. The van der Waals surface area contributed by atoms with Gasteiger partial charge in [0.25, 0.3) is 0 Å². The van der Waals surface area contributed by atoms with Gasteiger partial charge < -0.3 is 10.8 Å². The van der Waals surface area contributed by atoms with E-state index < -0.39 is 6.10 Å². The Morgan fingerprint density at radius 3 is 2.68 bits per heavy atom.